The first-order valence-electron chi connectivity index (χ1n) is 10.1. The number of amides is 1. The van der Waals surface area contributed by atoms with E-state index in [-0.39, 0.29) is 22.0 Å². The molecule has 8 heteroatoms. The summed E-state index contributed by atoms with van der Waals surface area (Å²) in [5.41, 5.74) is 0.686. The molecular formula is C21H24FN3O3S. The van der Waals surface area contributed by atoms with Gasteiger partial charge in [0.25, 0.3) is 0 Å². The maximum Gasteiger partial charge on any atom is 0.233 e. The lowest BCUT2D eigenvalue weighted by atomic mass is 9.88. The van der Waals surface area contributed by atoms with E-state index in [4.69, 9.17) is 0 Å². The Morgan fingerprint density at radius 2 is 1.83 bits per heavy atom. The van der Waals surface area contributed by atoms with Crippen LogP contribution in [0.2, 0.25) is 0 Å². The van der Waals surface area contributed by atoms with Gasteiger partial charge in [-0.3, -0.25) is 4.79 Å². The third-order valence-corrected chi connectivity index (χ3v) is 7.93. The fourth-order valence-corrected chi connectivity index (χ4v) is 5.51. The Kier molecular flexibility index (Phi) is 5.63. The standard InChI is InChI=1S/C21H24FN3O3S/c22-16-6-9-19(23-13-16)25-21(26)18(11-14-3-1-2-4-14)15-5-10-20(24-12-15)29(27,28)17-7-8-17/h5-6,9-10,12-14,17-18H,1-4,7-8,11H2,(H,23,25,26). The Hall–Kier alpha value is -2.35. The summed E-state index contributed by atoms with van der Waals surface area (Å²) in [4.78, 5) is 21.1. The van der Waals surface area contributed by atoms with E-state index in [9.17, 15) is 17.6 Å². The number of carbonyl (C=O) groups is 1. The highest BCUT2D eigenvalue weighted by Crippen LogP contribution is 2.36. The average Bonchev–Trinajstić information content (AvgIpc) is 3.46. The van der Waals surface area contributed by atoms with Gasteiger partial charge < -0.3 is 5.32 Å². The molecule has 1 unspecified atom stereocenters. The van der Waals surface area contributed by atoms with Crippen LogP contribution >= 0.6 is 0 Å². The molecule has 0 aliphatic heterocycles. The Morgan fingerprint density at radius 3 is 2.41 bits per heavy atom. The summed E-state index contributed by atoms with van der Waals surface area (Å²) in [7, 11) is -3.36. The van der Waals surface area contributed by atoms with E-state index in [0.29, 0.717) is 30.7 Å². The van der Waals surface area contributed by atoms with Crippen molar-refractivity contribution in [2.45, 2.75) is 61.1 Å². The van der Waals surface area contributed by atoms with Gasteiger partial charge in [-0.1, -0.05) is 31.7 Å². The minimum Gasteiger partial charge on any atom is -0.310 e. The van der Waals surface area contributed by atoms with E-state index >= 15 is 0 Å². The molecule has 2 aliphatic rings. The second kappa shape index (κ2) is 8.18. The van der Waals surface area contributed by atoms with Gasteiger partial charge in [0.15, 0.2) is 14.9 Å². The molecule has 0 aromatic carbocycles. The summed E-state index contributed by atoms with van der Waals surface area (Å²) in [5.74, 6) is -0.441. The fourth-order valence-electron chi connectivity index (χ4n) is 3.95. The molecule has 154 valence electrons. The third-order valence-electron chi connectivity index (χ3n) is 5.76. The number of pyridine rings is 2. The number of halogens is 1. The second-order valence-electron chi connectivity index (χ2n) is 7.96. The monoisotopic (exact) mass is 417 g/mol. The van der Waals surface area contributed by atoms with Gasteiger partial charge in [-0.15, -0.1) is 0 Å². The van der Waals surface area contributed by atoms with E-state index in [0.717, 1.165) is 31.9 Å². The highest BCUT2D eigenvalue weighted by molar-refractivity contribution is 7.92. The maximum atomic E-state index is 13.1. The van der Waals surface area contributed by atoms with Gasteiger partial charge in [-0.2, -0.15) is 0 Å². The minimum absolute atomic E-state index is 0.0731. The van der Waals surface area contributed by atoms with Crippen molar-refractivity contribution in [2.24, 2.45) is 5.92 Å². The Balaban J connectivity index is 1.55. The predicted octanol–water partition coefficient (Wildman–Crippen LogP) is 3.85. The predicted molar refractivity (Wildman–Crippen MR) is 107 cm³/mol. The molecule has 1 atom stereocenters. The Morgan fingerprint density at radius 1 is 1.07 bits per heavy atom. The zero-order valence-electron chi connectivity index (χ0n) is 16.1. The molecule has 2 aliphatic carbocycles. The first-order valence-corrected chi connectivity index (χ1v) is 11.6. The summed E-state index contributed by atoms with van der Waals surface area (Å²) in [6.07, 6.45) is 9.09. The first kappa shape index (κ1) is 19.9. The number of rotatable bonds is 7. The molecule has 0 spiro atoms. The summed E-state index contributed by atoms with van der Waals surface area (Å²) in [5, 5.41) is 2.51. The maximum absolute atomic E-state index is 13.1. The van der Waals surface area contributed by atoms with Gasteiger partial charge in [-0.25, -0.2) is 22.8 Å². The van der Waals surface area contributed by atoms with Crippen molar-refractivity contribution in [1.29, 1.82) is 0 Å². The topological polar surface area (TPSA) is 89.0 Å². The molecule has 1 N–H and O–H groups in total. The molecule has 6 nitrogen and oxygen atoms in total. The van der Waals surface area contributed by atoms with Gasteiger partial charge in [-0.05, 0) is 48.9 Å². The normalized spacial score (nSPS) is 18.5. The minimum atomic E-state index is -3.36. The van der Waals surface area contributed by atoms with Crippen molar-refractivity contribution < 1.29 is 17.6 Å². The zero-order chi connectivity index (χ0) is 20.4. The number of carbonyl (C=O) groups excluding carboxylic acids is 1. The van der Waals surface area contributed by atoms with Gasteiger partial charge in [0.05, 0.1) is 17.4 Å². The van der Waals surface area contributed by atoms with Gasteiger partial charge >= 0.3 is 0 Å². The van der Waals surface area contributed by atoms with Crippen LogP contribution in [0.25, 0.3) is 0 Å². The molecule has 0 bridgehead atoms. The van der Waals surface area contributed by atoms with Crippen LogP contribution in [0.1, 0.15) is 56.4 Å². The fraction of sp³-hybridized carbons (Fsp3) is 0.476. The largest absolute Gasteiger partial charge is 0.310 e. The van der Waals surface area contributed by atoms with Crippen LogP contribution in [0.5, 0.6) is 0 Å². The van der Waals surface area contributed by atoms with E-state index in [2.05, 4.69) is 15.3 Å². The Bertz CT molecular complexity index is 967. The van der Waals surface area contributed by atoms with Crippen LogP contribution in [0.3, 0.4) is 0 Å². The highest BCUT2D eigenvalue weighted by Gasteiger charge is 2.38. The van der Waals surface area contributed by atoms with E-state index in [1.54, 1.807) is 6.07 Å². The van der Waals surface area contributed by atoms with Crippen molar-refractivity contribution >= 4 is 21.6 Å². The molecule has 2 fully saturated rings. The van der Waals surface area contributed by atoms with Crippen LogP contribution in [0, 0.1) is 11.7 Å². The average molecular weight is 418 g/mol. The zero-order valence-corrected chi connectivity index (χ0v) is 16.9. The van der Waals surface area contributed by atoms with Crippen molar-refractivity contribution in [2.75, 3.05) is 5.32 Å². The molecule has 2 aromatic heterocycles. The van der Waals surface area contributed by atoms with Gasteiger partial charge in [0.1, 0.15) is 11.6 Å². The second-order valence-corrected chi connectivity index (χ2v) is 10.1. The van der Waals surface area contributed by atoms with Gasteiger partial charge in [0, 0.05) is 6.20 Å². The van der Waals surface area contributed by atoms with E-state index in [1.165, 1.54) is 24.4 Å². The summed E-state index contributed by atoms with van der Waals surface area (Å²) in [6, 6.07) is 5.87. The van der Waals surface area contributed by atoms with Crippen LogP contribution in [-0.4, -0.2) is 29.5 Å². The summed E-state index contributed by atoms with van der Waals surface area (Å²) < 4.78 is 37.8. The number of nitrogens with zero attached hydrogens (tertiary/aromatic N) is 2. The van der Waals surface area contributed by atoms with E-state index < -0.39 is 21.6 Å². The van der Waals surface area contributed by atoms with Crippen molar-refractivity contribution in [3.05, 3.63) is 48.0 Å². The summed E-state index contributed by atoms with van der Waals surface area (Å²) >= 11 is 0. The summed E-state index contributed by atoms with van der Waals surface area (Å²) in [6.45, 7) is 0. The molecule has 0 radical (unpaired) electrons. The number of aromatic nitrogens is 2. The molecular weight excluding hydrogens is 393 g/mol. The number of hydrogen-bond acceptors (Lipinski definition) is 5. The number of sulfone groups is 1. The first-order chi connectivity index (χ1) is 13.9. The lowest BCUT2D eigenvalue weighted by Gasteiger charge is -2.20. The van der Waals surface area contributed by atoms with Crippen molar-refractivity contribution in [3.63, 3.8) is 0 Å². The smallest absolute Gasteiger partial charge is 0.233 e. The third kappa shape index (κ3) is 4.63. The molecule has 4 rings (SSSR count). The Labute approximate surface area is 169 Å². The van der Waals surface area contributed by atoms with E-state index in [1.807, 2.05) is 0 Å². The quantitative estimate of drug-likeness (QED) is 0.739. The molecule has 2 heterocycles. The number of hydrogen-bond donors (Lipinski definition) is 1. The SMILES string of the molecule is O=C(Nc1ccc(F)cn1)C(CC1CCCC1)c1ccc(S(=O)(=O)C2CC2)nc1. The molecule has 2 saturated carbocycles. The molecule has 2 aromatic rings. The van der Waals surface area contributed by atoms with Crippen LogP contribution in [0.15, 0.2) is 41.7 Å². The molecule has 0 saturated heterocycles. The number of anilines is 1. The lowest BCUT2D eigenvalue weighted by molar-refractivity contribution is -0.118. The van der Waals surface area contributed by atoms with Crippen molar-refractivity contribution in [1.82, 2.24) is 9.97 Å². The van der Waals surface area contributed by atoms with Gasteiger partial charge in [0.2, 0.25) is 5.91 Å². The number of nitrogens with one attached hydrogen (secondary N) is 1. The van der Waals surface area contributed by atoms with Crippen LogP contribution in [0.4, 0.5) is 10.2 Å². The van der Waals surface area contributed by atoms with Crippen LogP contribution in [-0.2, 0) is 14.6 Å². The van der Waals surface area contributed by atoms with Crippen molar-refractivity contribution in [3.8, 4) is 0 Å². The highest BCUT2D eigenvalue weighted by atomic mass is 32.2. The molecule has 29 heavy (non-hydrogen) atoms. The molecule has 1 amide bonds. The lowest BCUT2D eigenvalue weighted by Crippen LogP contribution is -2.24. The van der Waals surface area contributed by atoms with Crippen LogP contribution < -0.4 is 5.32 Å².